The normalized spacial score (nSPS) is 18.4. The molecule has 0 spiro atoms. The molecule has 2 rings (SSSR count). The van der Waals surface area contributed by atoms with Crippen LogP contribution in [0.25, 0.3) is 0 Å². The molecular weight excluding hydrogens is 228 g/mol. The molecule has 1 aliphatic heterocycles. The van der Waals surface area contributed by atoms with Gasteiger partial charge in [0.1, 0.15) is 6.04 Å². The Hall–Kier alpha value is -1.39. The number of benzene rings is 1. The van der Waals surface area contributed by atoms with Crippen LogP contribution in [-0.2, 0) is 11.2 Å². The maximum atomic E-state index is 11.4. The largest absolute Gasteiger partial charge is 0.480 e. The van der Waals surface area contributed by atoms with Crippen LogP contribution in [0, 0.1) is 0 Å². The number of rotatable bonds is 5. The minimum Gasteiger partial charge on any atom is -0.480 e. The van der Waals surface area contributed by atoms with Crippen LogP contribution in [0.2, 0.25) is 0 Å². The van der Waals surface area contributed by atoms with E-state index < -0.39 is 5.97 Å². The van der Waals surface area contributed by atoms with Gasteiger partial charge in [-0.05, 0) is 18.4 Å². The maximum Gasteiger partial charge on any atom is 0.320 e. The lowest BCUT2D eigenvalue weighted by Crippen LogP contribution is -2.51. The number of nitrogens with one attached hydrogen (secondary N) is 1. The minimum atomic E-state index is -0.701. The van der Waals surface area contributed by atoms with Crippen molar-refractivity contribution in [2.24, 2.45) is 0 Å². The topological polar surface area (TPSA) is 52.6 Å². The van der Waals surface area contributed by atoms with Crippen LogP contribution in [0.3, 0.4) is 0 Å². The van der Waals surface area contributed by atoms with Crippen LogP contribution in [-0.4, -0.2) is 48.2 Å². The molecule has 0 radical (unpaired) electrons. The highest BCUT2D eigenvalue weighted by Gasteiger charge is 2.26. The van der Waals surface area contributed by atoms with Crippen LogP contribution in [0.1, 0.15) is 12.0 Å². The summed E-state index contributed by atoms with van der Waals surface area (Å²) in [5.74, 6) is -0.701. The Morgan fingerprint density at radius 3 is 2.56 bits per heavy atom. The van der Waals surface area contributed by atoms with Gasteiger partial charge in [-0.2, -0.15) is 0 Å². The summed E-state index contributed by atoms with van der Waals surface area (Å²) < 4.78 is 0. The van der Waals surface area contributed by atoms with Crippen molar-refractivity contribution >= 4 is 5.97 Å². The molecule has 0 saturated carbocycles. The van der Waals surface area contributed by atoms with Gasteiger partial charge < -0.3 is 10.4 Å². The molecule has 98 valence electrons. The highest BCUT2D eigenvalue weighted by atomic mass is 16.4. The SMILES string of the molecule is O=C(O)C(CCc1ccccc1)N1CCNCC1. The van der Waals surface area contributed by atoms with Crippen molar-refractivity contribution in [2.45, 2.75) is 18.9 Å². The van der Waals surface area contributed by atoms with Crippen molar-refractivity contribution in [3.8, 4) is 0 Å². The Morgan fingerprint density at radius 1 is 1.28 bits per heavy atom. The van der Waals surface area contributed by atoms with Crippen molar-refractivity contribution in [3.63, 3.8) is 0 Å². The summed E-state index contributed by atoms with van der Waals surface area (Å²) in [4.78, 5) is 13.4. The Morgan fingerprint density at radius 2 is 1.94 bits per heavy atom. The van der Waals surface area contributed by atoms with Gasteiger partial charge in [0.05, 0.1) is 0 Å². The molecule has 0 bridgehead atoms. The Kier molecular flexibility index (Phi) is 4.73. The number of piperazine rings is 1. The van der Waals surface area contributed by atoms with Gasteiger partial charge in [0.2, 0.25) is 0 Å². The van der Waals surface area contributed by atoms with Gasteiger partial charge >= 0.3 is 5.97 Å². The summed E-state index contributed by atoms with van der Waals surface area (Å²) in [5, 5.41) is 12.6. The number of hydrogen-bond donors (Lipinski definition) is 2. The molecule has 1 heterocycles. The second-order valence-corrected chi connectivity index (χ2v) is 4.66. The van der Waals surface area contributed by atoms with Crippen LogP contribution in [0.5, 0.6) is 0 Å². The number of aliphatic carboxylic acids is 1. The number of hydrogen-bond acceptors (Lipinski definition) is 3. The van der Waals surface area contributed by atoms with Gasteiger partial charge in [-0.1, -0.05) is 30.3 Å². The molecule has 1 aliphatic rings. The second-order valence-electron chi connectivity index (χ2n) is 4.66. The third-order valence-corrected chi connectivity index (χ3v) is 3.43. The van der Waals surface area contributed by atoms with Crippen molar-refractivity contribution in [1.29, 1.82) is 0 Å². The van der Waals surface area contributed by atoms with Crippen LogP contribution in [0.15, 0.2) is 30.3 Å². The second kappa shape index (κ2) is 6.52. The first-order valence-corrected chi connectivity index (χ1v) is 6.49. The van der Waals surface area contributed by atoms with Gasteiger partial charge in [-0.3, -0.25) is 9.69 Å². The number of nitrogens with zero attached hydrogens (tertiary/aromatic N) is 1. The van der Waals surface area contributed by atoms with Gasteiger partial charge in [0.25, 0.3) is 0 Å². The maximum absolute atomic E-state index is 11.4. The fourth-order valence-corrected chi connectivity index (χ4v) is 2.40. The van der Waals surface area contributed by atoms with E-state index in [1.807, 2.05) is 18.2 Å². The average Bonchev–Trinajstić information content (AvgIpc) is 2.41. The Balaban J connectivity index is 1.92. The Labute approximate surface area is 108 Å². The molecule has 1 unspecified atom stereocenters. The summed E-state index contributed by atoms with van der Waals surface area (Å²) in [6, 6.07) is 9.72. The summed E-state index contributed by atoms with van der Waals surface area (Å²) in [6.07, 6.45) is 1.50. The molecule has 1 aromatic rings. The predicted molar refractivity (Wildman–Crippen MR) is 70.6 cm³/mol. The lowest BCUT2D eigenvalue weighted by molar-refractivity contribution is -0.143. The smallest absolute Gasteiger partial charge is 0.320 e. The van der Waals surface area contributed by atoms with Crippen molar-refractivity contribution < 1.29 is 9.90 Å². The van der Waals surface area contributed by atoms with Crippen LogP contribution in [0.4, 0.5) is 0 Å². The fraction of sp³-hybridized carbons (Fsp3) is 0.500. The molecule has 0 aliphatic carbocycles. The Bertz CT molecular complexity index is 375. The van der Waals surface area contributed by atoms with Gasteiger partial charge in [0, 0.05) is 26.2 Å². The zero-order valence-electron chi connectivity index (χ0n) is 10.5. The molecule has 0 aromatic heterocycles. The van der Waals surface area contributed by atoms with Crippen LogP contribution >= 0.6 is 0 Å². The minimum absolute atomic E-state index is 0.354. The number of carboxylic acid groups (broad SMARTS) is 1. The monoisotopic (exact) mass is 248 g/mol. The summed E-state index contributed by atoms with van der Waals surface area (Å²) in [6.45, 7) is 3.42. The number of aryl methyl sites for hydroxylation is 1. The van der Waals surface area contributed by atoms with E-state index in [-0.39, 0.29) is 6.04 Å². The van der Waals surface area contributed by atoms with E-state index in [1.165, 1.54) is 5.56 Å². The molecule has 1 aromatic carbocycles. The first kappa shape index (κ1) is 13.1. The van der Waals surface area contributed by atoms with E-state index in [0.29, 0.717) is 6.42 Å². The third-order valence-electron chi connectivity index (χ3n) is 3.43. The lowest BCUT2D eigenvalue weighted by Gasteiger charge is -2.32. The first-order valence-electron chi connectivity index (χ1n) is 6.49. The zero-order chi connectivity index (χ0) is 12.8. The zero-order valence-corrected chi connectivity index (χ0v) is 10.5. The van der Waals surface area contributed by atoms with Crippen LogP contribution < -0.4 is 5.32 Å². The number of carbonyl (C=O) groups is 1. The predicted octanol–water partition coefficient (Wildman–Crippen LogP) is 0.978. The highest BCUT2D eigenvalue weighted by Crippen LogP contribution is 2.11. The van der Waals surface area contributed by atoms with Crippen molar-refractivity contribution in [3.05, 3.63) is 35.9 Å². The molecule has 0 amide bonds. The van der Waals surface area contributed by atoms with Gasteiger partial charge in [0.15, 0.2) is 0 Å². The first-order chi connectivity index (χ1) is 8.77. The summed E-state index contributed by atoms with van der Waals surface area (Å²) in [5.41, 5.74) is 1.21. The summed E-state index contributed by atoms with van der Waals surface area (Å²) >= 11 is 0. The van der Waals surface area contributed by atoms with E-state index in [1.54, 1.807) is 0 Å². The summed E-state index contributed by atoms with van der Waals surface area (Å²) in [7, 11) is 0. The fourth-order valence-electron chi connectivity index (χ4n) is 2.40. The number of carboxylic acids is 1. The lowest BCUT2D eigenvalue weighted by atomic mass is 10.0. The molecule has 2 N–H and O–H groups in total. The molecule has 1 saturated heterocycles. The molecular formula is C14H20N2O2. The van der Waals surface area contributed by atoms with E-state index in [2.05, 4.69) is 22.3 Å². The molecule has 4 heteroatoms. The molecule has 4 nitrogen and oxygen atoms in total. The molecule has 18 heavy (non-hydrogen) atoms. The van der Waals surface area contributed by atoms with Gasteiger partial charge in [-0.15, -0.1) is 0 Å². The molecule has 1 atom stereocenters. The van der Waals surface area contributed by atoms with Gasteiger partial charge in [-0.25, -0.2) is 0 Å². The standard InChI is InChI=1S/C14H20N2O2/c17-14(18)13(16-10-8-15-9-11-16)7-6-12-4-2-1-3-5-12/h1-5,13,15H,6-11H2,(H,17,18). The van der Waals surface area contributed by atoms with E-state index >= 15 is 0 Å². The van der Waals surface area contributed by atoms with E-state index in [4.69, 9.17) is 0 Å². The average molecular weight is 248 g/mol. The highest BCUT2D eigenvalue weighted by molar-refractivity contribution is 5.73. The third kappa shape index (κ3) is 3.55. The van der Waals surface area contributed by atoms with E-state index in [9.17, 15) is 9.90 Å². The quantitative estimate of drug-likeness (QED) is 0.815. The van der Waals surface area contributed by atoms with Crippen molar-refractivity contribution in [1.82, 2.24) is 10.2 Å². The molecule has 1 fully saturated rings. The van der Waals surface area contributed by atoms with Crippen molar-refractivity contribution in [2.75, 3.05) is 26.2 Å². The van der Waals surface area contributed by atoms with E-state index in [0.717, 1.165) is 32.6 Å².